The van der Waals surface area contributed by atoms with Gasteiger partial charge in [-0.1, -0.05) is 141 Å². The van der Waals surface area contributed by atoms with Crippen molar-refractivity contribution in [3.05, 3.63) is 35.9 Å². The molecule has 244 valence electrons. The molecule has 0 spiro atoms. The van der Waals surface area contributed by atoms with E-state index >= 15 is 0 Å². The van der Waals surface area contributed by atoms with Gasteiger partial charge in [-0.25, -0.2) is 14.4 Å². The summed E-state index contributed by atoms with van der Waals surface area (Å²) in [6.07, 6.45) is 15.8. The van der Waals surface area contributed by atoms with Crippen LogP contribution < -0.4 is 5.32 Å². The van der Waals surface area contributed by atoms with Gasteiger partial charge in [0.15, 0.2) is 0 Å². The molecule has 0 saturated heterocycles. The fraction of sp³-hybridized carbons (Fsp3) is 0.706. The van der Waals surface area contributed by atoms with Gasteiger partial charge in [-0.2, -0.15) is 0 Å². The molecule has 43 heavy (non-hydrogen) atoms. The largest absolute Gasteiger partial charge is 0.478 e. The van der Waals surface area contributed by atoms with Crippen molar-refractivity contribution < 1.29 is 38.5 Å². The lowest BCUT2D eigenvalue weighted by molar-refractivity contribution is -0.172. The summed E-state index contributed by atoms with van der Waals surface area (Å²) in [5.74, 6) is -3.24. The van der Waals surface area contributed by atoms with Gasteiger partial charge < -0.3 is 24.6 Å². The number of ether oxygens (including phenoxy) is 3. The molecule has 0 aliphatic heterocycles. The molecule has 2 atom stereocenters. The second kappa shape index (κ2) is 24.4. The summed E-state index contributed by atoms with van der Waals surface area (Å²) in [6, 6.07) is 8.02. The van der Waals surface area contributed by atoms with Crippen LogP contribution in [0.25, 0.3) is 0 Å². The van der Waals surface area contributed by atoms with Crippen LogP contribution in [-0.2, 0) is 35.2 Å². The number of unbranched alkanes of at least 4 members (excludes halogenated alkanes) is 14. The molecule has 1 unspecified atom stereocenters. The van der Waals surface area contributed by atoms with Crippen LogP contribution in [0.2, 0.25) is 0 Å². The smallest absolute Gasteiger partial charge is 0.408 e. The lowest BCUT2D eigenvalue weighted by atomic mass is 10.0. The molecule has 1 aromatic rings. The molecule has 1 amide bonds. The third-order valence-electron chi connectivity index (χ3n) is 7.32. The number of carbonyl (C=O) groups excluding carboxylic acids is 3. The highest BCUT2D eigenvalue weighted by Crippen LogP contribution is 2.14. The number of aliphatic carboxylic acids is 1. The van der Waals surface area contributed by atoms with Crippen molar-refractivity contribution in [1.29, 1.82) is 0 Å². The number of rotatable bonds is 25. The van der Waals surface area contributed by atoms with Crippen LogP contribution in [-0.4, -0.2) is 47.9 Å². The Morgan fingerprint density at radius 3 is 1.74 bits per heavy atom. The van der Waals surface area contributed by atoms with Crippen molar-refractivity contribution >= 4 is 24.0 Å². The number of esters is 2. The molecule has 1 rings (SSSR count). The lowest BCUT2D eigenvalue weighted by Gasteiger charge is -2.22. The summed E-state index contributed by atoms with van der Waals surface area (Å²) >= 11 is 0. The fourth-order valence-corrected chi connectivity index (χ4v) is 4.65. The van der Waals surface area contributed by atoms with Gasteiger partial charge in [0.2, 0.25) is 6.10 Å². The minimum Gasteiger partial charge on any atom is -0.478 e. The third kappa shape index (κ3) is 19.7. The van der Waals surface area contributed by atoms with Crippen LogP contribution in [0.5, 0.6) is 0 Å². The Labute approximate surface area is 258 Å². The zero-order valence-corrected chi connectivity index (χ0v) is 26.7. The van der Waals surface area contributed by atoms with Crippen molar-refractivity contribution in [2.45, 2.75) is 142 Å². The van der Waals surface area contributed by atoms with Crippen LogP contribution in [0, 0.1) is 5.92 Å². The first kappa shape index (κ1) is 37.9. The number of nitrogens with one attached hydrogen (secondary N) is 1. The second-order valence-electron chi connectivity index (χ2n) is 11.6. The van der Waals surface area contributed by atoms with E-state index in [0.717, 1.165) is 24.8 Å². The quantitative estimate of drug-likeness (QED) is 0.0658. The van der Waals surface area contributed by atoms with Gasteiger partial charge in [0.05, 0.1) is 0 Å². The van der Waals surface area contributed by atoms with E-state index in [1.54, 1.807) is 26.0 Å². The van der Waals surface area contributed by atoms with Crippen LogP contribution in [0.3, 0.4) is 0 Å². The molecule has 0 aromatic heterocycles. The summed E-state index contributed by atoms with van der Waals surface area (Å²) in [5.41, 5.74) is 0.789. The number of carbonyl (C=O) groups is 4. The van der Waals surface area contributed by atoms with Crippen LogP contribution in [0.1, 0.15) is 129 Å². The highest BCUT2D eigenvalue weighted by Gasteiger charge is 2.30. The topological polar surface area (TPSA) is 128 Å². The fourth-order valence-electron chi connectivity index (χ4n) is 4.65. The summed E-state index contributed by atoms with van der Waals surface area (Å²) in [5, 5.41) is 11.9. The number of alkyl carbamates (subject to hydrolysis) is 1. The SMILES string of the molecule is CCCCCCCCCCCCCCCCCC(=O)OC(COC(=O)[C@@H](NC(=O)OCc1ccccc1)C(C)C)C(=O)O. The van der Waals surface area contributed by atoms with Crippen LogP contribution in [0.15, 0.2) is 30.3 Å². The van der Waals surface area contributed by atoms with Crippen molar-refractivity contribution in [3.8, 4) is 0 Å². The first-order valence-corrected chi connectivity index (χ1v) is 16.3. The molecular weight excluding hydrogens is 550 g/mol. The Bertz CT molecular complexity index is 905. The Balaban J connectivity index is 2.21. The summed E-state index contributed by atoms with van der Waals surface area (Å²) in [6.45, 7) is 5.03. The van der Waals surface area contributed by atoms with E-state index in [2.05, 4.69) is 12.2 Å². The van der Waals surface area contributed by atoms with Crippen molar-refractivity contribution in [2.75, 3.05) is 6.61 Å². The molecule has 0 aliphatic carbocycles. The average molecular weight is 606 g/mol. The van der Waals surface area contributed by atoms with Gasteiger partial charge >= 0.3 is 24.0 Å². The standard InChI is InChI=1S/C34H55NO8/c1-4-5-6-7-8-9-10-11-12-13-14-15-16-17-21-24-30(36)43-29(32(37)38)26-41-33(39)31(27(2)3)35-34(40)42-25-28-22-19-18-20-23-28/h18-20,22-23,27,29,31H,4-17,21,24-26H2,1-3H3,(H,35,40)(H,37,38)/t29?,31-/m0/s1. The third-order valence-corrected chi connectivity index (χ3v) is 7.32. The lowest BCUT2D eigenvalue weighted by Crippen LogP contribution is -2.46. The predicted octanol–water partition coefficient (Wildman–Crippen LogP) is 7.74. The zero-order chi connectivity index (χ0) is 31.7. The zero-order valence-electron chi connectivity index (χ0n) is 26.7. The minimum atomic E-state index is -1.62. The molecule has 0 heterocycles. The number of amides is 1. The molecule has 0 fully saturated rings. The number of benzene rings is 1. The molecule has 0 saturated carbocycles. The highest BCUT2D eigenvalue weighted by atomic mass is 16.6. The molecule has 2 N–H and O–H groups in total. The molecule has 0 radical (unpaired) electrons. The van der Waals surface area contributed by atoms with E-state index in [9.17, 15) is 24.3 Å². The van der Waals surface area contributed by atoms with Crippen molar-refractivity contribution in [1.82, 2.24) is 5.32 Å². The Hall–Kier alpha value is -3.10. The van der Waals surface area contributed by atoms with Gasteiger partial charge in [-0.05, 0) is 17.9 Å². The Kier molecular flexibility index (Phi) is 21.5. The molecule has 9 nitrogen and oxygen atoms in total. The first-order valence-electron chi connectivity index (χ1n) is 16.3. The predicted molar refractivity (Wildman–Crippen MR) is 166 cm³/mol. The van der Waals surface area contributed by atoms with Gasteiger partial charge in [-0.15, -0.1) is 0 Å². The van der Waals surface area contributed by atoms with E-state index in [-0.39, 0.29) is 18.9 Å². The van der Waals surface area contributed by atoms with E-state index < -0.39 is 42.8 Å². The Morgan fingerprint density at radius 1 is 0.744 bits per heavy atom. The Morgan fingerprint density at radius 2 is 1.26 bits per heavy atom. The molecule has 1 aromatic carbocycles. The normalized spacial score (nSPS) is 12.4. The molecule has 0 aliphatic rings. The monoisotopic (exact) mass is 605 g/mol. The minimum absolute atomic E-state index is 0.0307. The number of hydrogen-bond acceptors (Lipinski definition) is 7. The van der Waals surface area contributed by atoms with Gasteiger partial charge in [0, 0.05) is 6.42 Å². The number of hydrogen-bond donors (Lipinski definition) is 2. The second-order valence-corrected chi connectivity index (χ2v) is 11.6. The van der Waals surface area contributed by atoms with Crippen LogP contribution >= 0.6 is 0 Å². The van der Waals surface area contributed by atoms with E-state index in [1.165, 1.54) is 70.6 Å². The molecule has 0 bridgehead atoms. The van der Waals surface area contributed by atoms with Crippen molar-refractivity contribution in [3.63, 3.8) is 0 Å². The molecule has 9 heteroatoms. The maximum atomic E-state index is 12.6. The maximum absolute atomic E-state index is 12.6. The first-order chi connectivity index (χ1) is 20.7. The van der Waals surface area contributed by atoms with E-state index in [4.69, 9.17) is 14.2 Å². The summed E-state index contributed by atoms with van der Waals surface area (Å²) < 4.78 is 15.3. The van der Waals surface area contributed by atoms with Crippen LogP contribution in [0.4, 0.5) is 4.79 Å². The van der Waals surface area contributed by atoms with Gasteiger partial charge in [0.1, 0.15) is 19.3 Å². The van der Waals surface area contributed by atoms with E-state index in [1.807, 2.05) is 18.2 Å². The number of carboxylic acids is 1. The summed E-state index contributed by atoms with van der Waals surface area (Å²) in [7, 11) is 0. The highest BCUT2D eigenvalue weighted by molar-refractivity contribution is 5.82. The maximum Gasteiger partial charge on any atom is 0.408 e. The van der Waals surface area contributed by atoms with Crippen molar-refractivity contribution in [2.24, 2.45) is 5.92 Å². The van der Waals surface area contributed by atoms with Gasteiger partial charge in [-0.3, -0.25) is 4.79 Å². The van der Waals surface area contributed by atoms with Gasteiger partial charge in [0.25, 0.3) is 0 Å². The van der Waals surface area contributed by atoms with E-state index in [0.29, 0.717) is 6.42 Å². The molecular formula is C34H55NO8. The summed E-state index contributed by atoms with van der Waals surface area (Å²) in [4.78, 5) is 48.6. The number of carboxylic acid groups (broad SMARTS) is 1. The average Bonchev–Trinajstić information content (AvgIpc) is 2.99.